The monoisotopic (exact) mass is 126 g/mol. The van der Waals surface area contributed by atoms with Gasteiger partial charge in [-0.3, -0.25) is 0 Å². The molecule has 4 nitrogen and oxygen atoms in total. The summed E-state index contributed by atoms with van der Waals surface area (Å²) in [6.45, 7) is 0. The van der Waals surface area contributed by atoms with Gasteiger partial charge in [-0.25, -0.2) is 9.78 Å². The summed E-state index contributed by atoms with van der Waals surface area (Å²) in [7, 11) is 2.73. The van der Waals surface area contributed by atoms with E-state index in [2.05, 4.69) is 18.4 Å². The Balaban J connectivity index is 2.45. The van der Waals surface area contributed by atoms with E-state index in [-0.39, 0.29) is 0 Å². The van der Waals surface area contributed by atoms with Gasteiger partial charge in [-0.2, -0.15) is 0 Å². The van der Waals surface area contributed by atoms with Crippen molar-refractivity contribution in [3.05, 3.63) is 0 Å². The summed E-state index contributed by atoms with van der Waals surface area (Å²) in [5.74, 6) is 0. The van der Waals surface area contributed by atoms with Gasteiger partial charge in [0.25, 0.3) is 0 Å². The Morgan fingerprint density at radius 1 is 1.00 bits per heavy atom. The molecule has 0 atom stereocenters. The highest BCUT2D eigenvalue weighted by Gasteiger charge is 1.82. The average molecular weight is 126 g/mol. The maximum absolute atomic E-state index is 4.14. The summed E-state index contributed by atoms with van der Waals surface area (Å²) < 4.78 is 8.29. The highest BCUT2D eigenvalue weighted by Crippen LogP contribution is 2.01. The van der Waals surface area contributed by atoms with E-state index in [1.54, 1.807) is 0 Å². The first-order valence-corrected chi connectivity index (χ1v) is 2.15. The molecule has 0 rings (SSSR count). The van der Waals surface area contributed by atoms with Crippen LogP contribution in [-0.2, 0) is 18.4 Å². The molecule has 0 aromatic carbocycles. The van der Waals surface area contributed by atoms with Gasteiger partial charge < -0.3 is 0 Å². The van der Waals surface area contributed by atoms with Crippen LogP contribution in [-0.4, -0.2) is 14.2 Å². The lowest BCUT2D eigenvalue weighted by molar-refractivity contribution is -0.212. The van der Waals surface area contributed by atoms with Gasteiger partial charge in [0.1, 0.15) is 0 Å². The molecule has 5 heteroatoms. The van der Waals surface area contributed by atoms with Gasteiger partial charge in [0.2, 0.25) is 12.3 Å². The largest absolute Gasteiger partial charge is 0.228 e. The third-order valence-corrected chi connectivity index (χ3v) is 0.575. The van der Waals surface area contributed by atoms with E-state index < -0.39 is 0 Å². The zero-order valence-electron chi connectivity index (χ0n) is 4.04. The van der Waals surface area contributed by atoms with Gasteiger partial charge in [-0.15, -0.1) is 8.67 Å². The predicted molar refractivity (Wildman–Crippen MR) is 23.8 cm³/mol. The molecular formula is C2H6O4S. The zero-order chi connectivity index (χ0) is 5.54. The summed E-state index contributed by atoms with van der Waals surface area (Å²) in [4.78, 5) is 8.20. The van der Waals surface area contributed by atoms with Crippen LogP contribution in [0.25, 0.3) is 0 Å². The molecule has 0 spiro atoms. The third kappa shape index (κ3) is 6.19. The van der Waals surface area contributed by atoms with E-state index in [1.165, 1.54) is 14.2 Å². The summed E-state index contributed by atoms with van der Waals surface area (Å²) in [5, 5.41) is 0. The lowest BCUT2D eigenvalue weighted by Gasteiger charge is -1.91. The van der Waals surface area contributed by atoms with E-state index >= 15 is 0 Å². The average Bonchev–Trinajstić information content (AvgIpc) is 1.69. The summed E-state index contributed by atoms with van der Waals surface area (Å²) in [6.07, 6.45) is 0. The molecule has 0 bridgehead atoms. The van der Waals surface area contributed by atoms with Crippen molar-refractivity contribution in [2.75, 3.05) is 14.2 Å². The van der Waals surface area contributed by atoms with Crippen LogP contribution in [0.5, 0.6) is 0 Å². The summed E-state index contributed by atoms with van der Waals surface area (Å²) in [5.41, 5.74) is 0. The fraction of sp³-hybridized carbons (Fsp3) is 1.00. The van der Waals surface area contributed by atoms with Crippen molar-refractivity contribution in [3.63, 3.8) is 0 Å². The van der Waals surface area contributed by atoms with Gasteiger partial charge in [-0.1, -0.05) is 0 Å². The van der Waals surface area contributed by atoms with Crippen LogP contribution in [0.1, 0.15) is 0 Å². The first-order chi connectivity index (χ1) is 3.41. The van der Waals surface area contributed by atoms with Crippen LogP contribution in [0, 0.1) is 0 Å². The Labute approximate surface area is 46.0 Å². The molecule has 0 aliphatic rings. The first kappa shape index (κ1) is 7.19. The topological polar surface area (TPSA) is 36.9 Å². The van der Waals surface area contributed by atoms with Crippen molar-refractivity contribution in [2.24, 2.45) is 0 Å². The van der Waals surface area contributed by atoms with Crippen molar-refractivity contribution in [2.45, 2.75) is 0 Å². The van der Waals surface area contributed by atoms with E-state index in [1.807, 2.05) is 0 Å². The Kier molecular flexibility index (Phi) is 6.36. The predicted octanol–water partition coefficient (Wildman–Crippen LogP) is 0.706. The van der Waals surface area contributed by atoms with Crippen molar-refractivity contribution in [1.82, 2.24) is 0 Å². The van der Waals surface area contributed by atoms with Crippen LogP contribution in [0.4, 0.5) is 0 Å². The lowest BCUT2D eigenvalue weighted by Crippen LogP contribution is -1.80. The Morgan fingerprint density at radius 3 is 1.71 bits per heavy atom. The molecule has 44 valence electrons. The zero-order valence-corrected chi connectivity index (χ0v) is 4.86. The minimum Gasteiger partial charge on any atom is -0.225 e. The molecule has 0 radical (unpaired) electrons. The van der Waals surface area contributed by atoms with Gasteiger partial charge in [0, 0.05) is 0 Å². The van der Waals surface area contributed by atoms with E-state index in [0.29, 0.717) is 12.3 Å². The second kappa shape index (κ2) is 6.19. The molecule has 0 heterocycles. The second-order valence-corrected chi connectivity index (χ2v) is 0.946. The molecule has 7 heavy (non-hydrogen) atoms. The quantitative estimate of drug-likeness (QED) is 0.240. The summed E-state index contributed by atoms with van der Waals surface area (Å²) >= 11 is 0.609. The normalized spacial score (nSPS) is 9.43. The molecule has 0 saturated heterocycles. The first-order valence-electron chi connectivity index (χ1n) is 1.48. The highest BCUT2D eigenvalue weighted by molar-refractivity contribution is 7.89. The smallest absolute Gasteiger partial charge is 0.225 e. The highest BCUT2D eigenvalue weighted by atomic mass is 32.2. The van der Waals surface area contributed by atoms with E-state index in [4.69, 9.17) is 0 Å². The van der Waals surface area contributed by atoms with Crippen LogP contribution < -0.4 is 0 Å². The Morgan fingerprint density at radius 2 is 1.43 bits per heavy atom. The molecule has 0 fully saturated rings. The van der Waals surface area contributed by atoms with E-state index in [0.717, 1.165) is 0 Å². The van der Waals surface area contributed by atoms with Gasteiger partial charge in [0.05, 0.1) is 14.2 Å². The van der Waals surface area contributed by atoms with Crippen LogP contribution in [0.2, 0.25) is 0 Å². The second-order valence-electron chi connectivity index (χ2n) is 0.537. The fourth-order valence-electron chi connectivity index (χ4n) is 0.0669. The molecule has 0 aliphatic heterocycles. The van der Waals surface area contributed by atoms with Crippen LogP contribution in [0.15, 0.2) is 0 Å². The van der Waals surface area contributed by atoms with Crippen molar-refractivity contribution in [3.8, 4) is 0 Å². The van der Waals surface area contributed by atoms with Crippen molar-refractivity contribution < 1.29 is 18.4 Å². The van der Waals surface area contributed by atoms with Gasteiger partial charge >= 0.3 is 0 Å². The molecule has 0 unspecified atom stereocenters. The Bertz CT molecular complexity index is 28.9. The molecule has 0 aliphatic carbocycles. The van der Waals surface area contributed by atoms with Crippen LogP contribution in [0.3, 0.4) is 0 Å². The minimum absolute atomic E-state index is 0.609. The molecular weight excluding hydrogens is 120 g/mol. The number of hydrogen-bond acceptors (Lipinski definition) is 5. The maximum Gasteiger partial charge on any atom is 0.228 e. The standard InChI is InChI=1S/C2H6O4S/c1-3-5-7-6-4-2/h1-2H3. The van der Waals surface area contributed by atoms with Crippen molar-refractivity contribution >= 4 is 12.3 Å². The van der Waals surface area contributed by atoms with Crippen molar-refractivity contribution in [1.29, 1.82) is 0 Å². The lowest BCUT2D eigenvalue weighted by atomic mass is 11.8. The van der Waals surface area contributed by atoms with Gasteiger partial charge in [0.15, 0.2) is 0 Å². The minimum atomic E-state index is 0.609. The third-order valence-electron chi connectivity index (χ3n) is 0.192. The molecule has 0 amide bonds. The molecule has 0 aromatic rings. The maximum atomic E-state index is 4.14. The molecule has 0 aromatic heterocycles. The van der Waals surface area contributed by atoms with E-state index in [9.17, 15) is 0 Å². The fourth-order valence-corrected chi connectivity index (χ4v) is 0.201. The SMILES string of the molecule is COOSOOC. The molecule has 0 saturated carbocycles. The summed E-state index contributed by atoms with van der Waals surface area (Å²) in [6, 6.07) is 0. The Hall–Kier alpha value is 0.190. The molecule has 0 N–H and O–H groups in total. The number of rotatable bonds is 4. The number of hydrogen-bond donors (Lipinski definition) is 0. The van der Waals surface area contributed by atoms with Crippen LogP contribution >= 0.6 is 12.3 Å². The van der Waals surface area contributed by atoms with Gasteiger partial charge in [-0.05, 0) is 0 Å².